The lowest BCUT2D eigenvalue weighted by Crippen LogP contribution is -2.22. The maximum Gasteiger partial charge on any atom is 0.281 e. The van der Waals surface area contributed by atoms with Gasteiger partial charge in [0, 0.05) is 17.5 Å². The van der Waals surface area contributed by atoms with Gasteiger partial charge in [0.15, 0.2) is 5.69 Å². The number of hydrogen-bond acceptors (Lipinski definition) is 5. The lowest BCUT2D eigenvalue weighted by atomic mass is 10.1. The van der Waals surface area contributed by atoms with Crippen LogP contribution in [0.25, 0.3) is 10.8 Å². The van der Waals surface area contributed by atoms with Crippen LogP contribution in [0.2, 0.25) is 0 Å². The minimum Gasteiger partial charge on any atom is -0.493 e. The van der Waals surface area contributed by atoms with Gasteiger partial charge in [0.1, 0.15) is 11.6 Å². The van der Waals surface area contributed by atoms with Gasteiger partial charge in [-0.1, -0.05) is 66.7 Å². The maximum atomic E-state index is 13.1. The molecule has 0 atom stereocenters. The third-order valence-electron chi connectivity index (χ3n) is 5.26. The molecule has 0 bridgehead atoms. The molecule has 3 aromatic carbocycles. The molecular weight excluding hydrogens is 388 g/mol. The van der Waals surface area contributed by atoms with Crippen LogP contribution in [0.1, 0.15) is 16.7 Å². The summed E-state index contributed by atoms with van der Waals surface area (Å²) in [5, 5.41) is 30.6. The monoisotopic (exact) mass is 408 g/mol. The summed E-state index contributed by atoms with van der Waals surface area (Å²) in [7, 11) is 0. The Hall–Kier alpha value is -4.24. The van der Waals surface area contributed by atoms with Crippen LogP contribution in [-0.4, -0.2) is 9.67 Å². The van der Waals surface area contributed by atoms with Crippen molar-refractivity contribution in [3.8, 4) is 11.9 Å². The third-order valence-corrected chi connectivity index (χ3v) is 5.26. The molecule has 0 unspecified atom stereocenters. The van der Waals surface area contributed by atoms with Gasteiger partial charge in [-0.3, -0.25) is 9.36 Å². The minimum absolute atomic E-state index is 0.0273. The first-order valence-corrected chi connectivity index (χ1v) is 9.90. The number of aromatic hydroxyl groups is 1. The fourth-order valence-electron chi connectivity index (χ4n) is 3.55. The number of azo groups is 1. The van der Waals surface area contributed by atoms with Crippen LogP contribution in [-0.2, 0) is 13.0 Å². The average molecular weight is 408 g/mol. The van der Waals surface area contributed by atoms with E-state index in [1.54, 1.807) is 6.92 Å². The largest absolute Gasteiger partial charge is 0.493 e. The van der Waals surface area contributed by atoms with E-state index in [0.717, 1.165) is 16.3 Å². The van der Waals surface area contributed by atoms with E-state index in [9.17, 15) is 15.2 Å². The molecule has 6 heteroatoms. The first kappa shape index (κ1) is 20.0. The summed E-state index contributed by atoms with van der Waals surface area (Å²) in [6.45, 7) is 1.82. The fourth-order valence-corrected chi connectivity index (χ4v) is 3.55. The second-order valence-corrected chi connectivity index (χ2v) is 7.17. The smallest absolute Gasteiger partial charge is 0.281 e. The SMILES string of the molecule is Cc1c(C#N)c(O)n(CCc2ccccc2)c(=O)c1N=Nc1cccc2ccccc12. The van der Waals surface area contributed by atoms with Gasteiger partial charge in [0.25, 0.3) is 5.56 Å². The lowest BCUT2D eigenvalue weighted by molar-refractivity contribution is 0.404. The maximum absolute atomic E-state index is 13.1. The van der Waals surface area contributed by atoms with Crippen molar-refractivity contribution in [2.75, 3.05) is 0 Å². The standard InChI is InChI=1S/C25H20N4O2/c1-17-21(16-26)24(30)29(15-14-18-8-3-2-4-9-18)25(31)23(17)28-27-22-13-7-11-19-10-5-6-12-20(19)22/h2-13,30H,14-15H2,1H3. The van der Waals surface area contributed by atoms with E-state index in [1.165, 1.54) is 4.57 Å². The van der Waals surface area contributed by atoms with Crippen LogP contribution in [0.5, 0.6) is 5.88 Å². The molecule has 4 aromatic rings. The van der Waals surface area contributed by atoms with Crippen LogP contribution in [0.4, 0.5) is 11.4 Å². The Morgan fingerprint density at radius 2 is 1.68 bits per heavy atom. The molecule has 0 saturated heterocycles. The molecule has 0 aliphatic rings. The highest BCUT2D eigenvalue weighted by Gasteiger charge is 2.19. The Kier molecular flexibility index (Phi) is 5.59. The zero-order chi connectivity index (χ0) is 21.8. The van der Waals surface area contributed by atoms with E-state index in [-0.39, 0.29) is 23.7 Å². The Bertz CT molecular complexity index is 1380. The molecule has 0 radical (unpaired) electrons. The Balaban J connectivity index is 1.77. The van der Waals surface area contributed by atoms with E-state index >= 15 is 0 Å². The third kappa shape index (κ3) is 3.94. The number of hydrogen-bond donors (Lipinski definition) is 1. The number of aryl methyl sites for hydroxylation is 1. The van der Waals surface area contributed by atoms with Crippen molar-refractivity contribution in [3.05, 3.63) is 99.8 Å². The van der Waals surface area contributed by atoms with Gasteiger partial charge in [-0.15, -0.1) is 10.2 Å². The van der Waals surface area contributed by atoms with Crippen LogP contribution < -0.4 is 5.56 Å². The van der Waals surface area contributed by atoms with Gasteiger partial charge in [-0.05, 0) is 30.4 Å². The summed E-state index contributed by atoms with van der Waals surface area (Å²) >= 11 is 0. The van der Waals surface area contributed by atoms with Crippen LogP contribution in [0.3, 0.4) is 0 Å². The Morgan fingerprint density at radius 1 is 0.968 bits per heavy atom. The molecule has 0 aliphatic heterocycles. The van der Waals surface area contributed by atoms with Crippen molar-refractivity contribution in [2.24, 2.45) is 10.2 Å². The quantitative estimate of drug-likeness (QED) is 0.439. The van der Waals surface area contributed by atoms with E-state index in [0.29, 0.717) is 17.7 Å². The molecule has 1 aromatic heterocycles. The first-order chi connectivity index (χ1) is 15.1. The van der Waals surface area contributed by atoms with Crippen molar-refractivity contribution in [2.45, 2.75) is 19.9 Å². The number of nitrogens with zero attached hydrogens (tertiary/aromatic N) is 4. The highest BCUT2D eigenvalue weighted by atomic mass is 16.3. The van der Waals surface area contributed by atoms with Crippen molar-refractivity contribution in [3.63, 3.8) is 0 Å². The molecule has 1 heterocycles. The molecule has 152 valence electrons. The molecule has 0 amide bonds. The summed E-state index contributed by atoms with van der Waals surface area (Å²) in [5.41, 5.74) is 1.56. The van der Waals surface area contributed by atoms with E-state index in [2.05, 4.69) is 10.2 Å². The zero-order valence-electron chi connectivity index (χ0n) is 17.0. The minimum atomic E-state index is -0.478. The number of pyridine rings is 1. The predicted molar refractivity (Wildman–Crippen MR) is 120 cm³/mol. The summed E-state index contributed by atoms with van der Waals surface area (Å²) in [5.74, 6) is -0.343. The van der Waals surface area contributed by atoms with Crippen molar-refractivity contribution < 1.29 is 5.11 Å². The van der Waals surface area contributed by atoms with Crippen molar-refractivity contribution in [1.82, 2.24) is 4.57 Å². The van der Waals surface area contributed by atoms with Crippen molar-refractivity contribution >= 4 is 22.1 Å². The first-order valence-electron chi connectivity index (χ1n) is 9.90. The second-order valence-electron chi connectivity index (χ2n) is 7.17. The zero-order valence-corrected chi connectivity index (χ0v) is 17.0. The fraction of sp³-hybridized carbons (Fsp3) is 0.120. The second kappa shape index (κ2) is 8.64. The number of aromatic nitrogens is 1. The van der Waals surface area contributed by atoms with Crippen LogP contribution >= 0.6 is 0 Å². The number of fused-ring (bicyclic) bond motifs is 1. The normalized spacial score (nSPS) is 11.1. The summed E-state index contributed by atoms with van der Waals surface area (Å²) < 4.78 is 1.19. The van der Waals surface area contributed by atoms with Gasteiger partial charge in [-0.2, -0.15) is 5.26 Å². The Morgan fingerprint density at radius 3 is 2.45 bits per heavy atom. The van der Waals surface area contributed by atoms with Gasteiger partial charge >= 0.3 is 0 Å². The van der Waals surface area contributed by atoms with E-state index in [4.69, 9.17) is 0 Å². The van der Waals surface area contributed by atoms with Crippen LogP contribution in [0, 0.1) is 18.3 Å². The molecule has 31 heavy (non-hydrogen) atoms. The lowest BCUT2D eigenvalue weighted by Gasteiger charge is -2.13. The number of nitriles is 1. The number of rotatable bonds is 5. The summed E-state index contributed by atoms with van der Waals surface area (Å²) in [6.07, 6.45) is 0.530. The highest BCUT2D eigenvalue weighted by Crippen LogP contribution is 2.30. The topological polar surface area (TPSA) is 90.7 Å². The molecule has 0 fully saturated rings. The highest BCUT2D eigenvalue weighted by molar-refractivity contribution is 5.92. The Labute approximate surface area is 179 Å². The molecule has 0 aliphatic carbocycles. The van der Waals surface area contributed by atoms with Gasteiger partial charge in [0.2, 0.25) is 5.88 Å². The summed E-state index contributed by atoms with van der Waals surface area (Å²) in [6, 6.07) is 25.1. The molecule has 0 spiro atoms. The van der Waals surface area contributed by atoms with Crippen molar-refractivity contribution in [1.29, 1.82) is 5.26 Å². The van der Waals surface area contributed by atoms with E-state index in [1.807, 2.05) is 78.9 Å². The molecule has 0 saturated carbocycles. The summed E-state index contributed by atoms with van der Waals surface area (Å²) in [4.78, 5) is 13.1. The molecule has 6 nitrogen and oxygen atoms in total. The van der Waals surface area contributed by atoms with Crippen LogP contribution in [0.15, 0.2) is 87.8 Å². The van der Waals surface area contributed by atoms with Gasteiger partial charge in [0.05, 0.1) is 5.69 Å². The number of benzene rings is 3. The van der Waals surface area contributed by atoms with Gasteiger partial charge in [-0.25, -0.2) is 0 Å². The molecule has 4 rings (SSSR count). The molecular formula is C25H20N4O2. The average Bonchev–Trinajstić information content (AvgIpc) is 2.80. The van der Waals surface area contributed by atoms with Gasteiger partial charge < -0.3 is 5.11 Å². The predicted octanol–water partition coefficient (Wildman–Crippen LogP) is 5.55. The molecule has 1 N–H and O–H groups in total. The van der Waals surface area contributed by atoms with E-state index < -0.39 is 5.56 Å².